The molecule has 0 radical (unpaired) electrons. The normalized spacial score (nSPS) is 18.6. The number of halogens is 1. The predicted molar refractivity (Wildman–Crippen MR) is 80.5 cm³/mol. The molecule has 4 heteroatoms. The maximum atomic E-state index is 14.1. The van der Waals surface area contributed by atoms with Crippen molar-refractivity contribution in [1.29, 1.82) is 0 Å². The van der Waals surface area contributed by atoms with Crippen LogP contribution in [-0.2, 0) is 0 Å². The van der Waals surface area contributed by atoms with Gasteiger partial charge in [0, 0.05) is 19.6 Å². The standard InChI is InChI=1S/C16H25FN2O/c1-12(20)14-4-5-16(15(17)10-14)19-8-6-13(7-9-19)11-18(2)3/h4-5,10,12-13,20H,6-9,11H2,1-3H3. The quantitative estimate of drug-likeness (QED) is 0.918. The van der Waals surface area contributed by atoms with E-state index >= 15 is 0 Å². The second-order valence-corrected chi connectivity index (χ2v) is 6.08. The summed E-state index contributed by atoms with van der Waals surface area (Å²) in [6, 6.07) is 5.06. The van der Waals surface area contributed by atoms with Crippen molar-refractivity contribution >= 4 is 5.69 Å². The Hall–Kier alpha value is -1.13. The lowest BCUT2D eigenvalue weighted by molar-refractivity contribution is 0.199. The number of rotatable bonds is 4. The number of aliphatic hydroxyl groups is 1. The van der Waals surface area contributed by atoms with E-state index in [1.54, 1.807) is 13.0 Å². The van der Waals surface area contributed by atoms with Crippen LogP contribution in [0.25, 0.3) is 0 Å². The average Bonchev–Trinajstić information content (AvgIpc) is 2.39. The first kappa shape index (κ1) is 15.3. The van der Waals surface area contributed by atoms with Gasteiger partial charge < -0.3 is 14.9 Å². The van der Waals surface area contributed by atoms with Crippen LogP contribution in [0.2, 0.25) is 0 Å². The summed E-state index contributed by atoms with van der Waals surface area (Å²) in [4.78, 5) is 4.34. The smallest absolute Gasteiger partial charge is 0.146 e. The SMILES string of the molecule is CC(O)c1ccc(N2CCC(CN(C)C)CC2)c(F)c1. The number of nitrogens with zero attached hydrogens (tertiary/aromatic N) is 2. The third kappa shape index (κ3) is 3.70. The highest BCUT2D eigenvalue weighted by atomic mass is 19.1. The van der Waals surface area contributed by atoms with Crippen LogP contribution >= 0.6 is 0 Å². The number of benzene rings is 1. The summed E-state index contributed by atoms with van der Waals surface area (Å²) in [5.74, 6) is 0.482. The number of aliphatic hydroxyl groups excluding tert-OH is 1. The summed E-state index contributed by atoms with van der Waals surface area (Å²) < 4.78 is 14.1. The molecule has 1 aromatic rings. The molecule has 2 rings (SSSR count). The lowest BCUT2D eigenvalue weighted by Gasteiger charge is -2.35. The highest BCUT2D eigenvalue weighted by Gasteiger charge is 2.22. The van der Waals surface area contributed by atoms with Crippen LogP contribution in [0.15, 0.2) is 18.2 Å². The Balaban J connectivity index is 2.00. The molecular formula is C16H25FN2O. The summed E-state index contributed by atoms with van der Waals surface area (Å²) in [7, 11) is 4.20. The summed E-state index contributed by atoms with van der Waals surface area (Å²) in [6.45, 7) is 4.57. The minimum Gasteiger partial charge on any atom is -0.389 e. The fraction of sp³-hybridized carbons (Fsp3) is 0.625. The van der Waals surface area contributed by atoms with Gasteiger partial charge in [-0.25, -0.2) is 4.39 Å². The summed E-state index contributed by atoms with van der Waals surface area (Å²) >= 11 is 0. The van der Waals surface area contributed by atoms with Gasteiger partial charge in [-0.2, -0.15) is 0 Å². The van der Waals surface area contributed by atoms with E-state index in [0.29, 0.717) is 17.2 Å². The van der Waals surface area contributed by atoms with Crippen molar-refractivity contribution in [2.75, 3.05) is 38.6 Å². The average molecular weight is 280 g/mol. The van der Waals surface area contributed by atoms with Crippen molar-refractivity contribution in [3.8, 4) is 0 Å². The largest absolute Gasteiger partial charge is 0.389 e. The van der Waals surface area contributed by atoms with Crippen LogP contribution in [0, 0.1) is 11.7 Å². The van der Waals surface area contributed by atoms with E-state index in [1.165, 1.54) is 6.07 Å². The van der Waals surface area contributed by atoms with Gasteiger partial charge in [-0.1, -0.05) is 6.07 Å². The molecule has 1 unspecified atom stereocenters. The van der Waals surface area contributed by atoms with Gasteiger partial charge >= 0.3 is 0 Å². The minimum absolute atomic E-state index is 0.227. The van der Waals surface area contributed by atoms with Crippen LogP contribution in [0.4, 0.5) is 10.1 Å². The molecule has 1 heterocycles. The van der Waals surface area contributed by atoms with Crippen LogP contribution in [0.3, 0.4) is 0 Å². The molecule has 20 heavy (non-hydrogen) atoms. The topological polar surface area (TPSA) is 26.7 Å². The molecular weight excluding hydrogens is 255 g/mol. The maximum absolute atomic E-state index is 14.1. The van der Waals surface area contributed by atoms with Gasteiger partial charge in [-0.15, -0.1) is 0 Å². The molecule has 1 saturated heterocycles. The van der Waals surface area contributed by atoms with Gasteiger partial charge in [0.15, 0.2) is 0 Å². The van der Waals surface area contributed by atoms with Crippen molar-refractivity contribution in [3.05, 3.63) is 29.6 Å². The maximum Gasteiger partial charge on any atom is 0.146 e. The molecule has 1 atom stereocenters. The zero-order valence-electron chi connectivity index (χ0n) is 12.6. The minimum atomic E-state index is -0.621. The van der Waals surface area contributed by atoms with Crippen molar-refractivity contribution in [2.24, 2.45) is 5.92 Å². The molecule has 112 valence electrons. The molecule has 3 nitrogen and oxygen atoms in total. The Kier molecular flexibility index (Phi) is 5.00. The Morgan fingerprint density at radius 2 is 2.00 bits per heavy atom. The molecule has 0 amide bonds. The van der Waals surface area contributed by atoms with Crippen molar-refractivity contribution < 1.29 is 9.50 Å². The summed E-state index contributed by atoms with van der Waals surface area (Å²) in [6.07, 6.45) is 1.59. The highest BCUT2D eigenvalue weighted by Crippen LogP contribution is 2.27. The van der Waals surface area contributed by atoms with E-state index in [1.807, 2.05) is 6.07 Å². The van der Waals surface area contributed by atoms with E-state index in [4.69, 9.17) is 0 Å². The summed E-state index contributed by atoms with van der Waals surface area (Å²) in [5.41, 5.74) is 1.30. The van der Waals surface area contributed by atoms with Crippen LogP contribution in [0.5, 0.6) is 0 Å². The molecule has 0 aromatic heterocycles. The monoisotopic (exact) mass is 280 g/mol. The van der Waals surface area contributed by atoms with E-state index < -0.39 is 6.10 Å². The fourth-order valence-electron chi connectivity index (χ4n) is 2.91. The van der Waals surface area contributed by atoms with Crippen molar-refractivity contribution in [2.45, 2.75) is 25.9 Å². The summed E-state index contributed by atoms with van der Waals surface area (Å²) in [5, 5.41) is 9.48. The zero-order valence-corrected chi connectivity index (χ0v) is 12.6. The van der Waals surface area contributed by atoms with Crippen LogP contribution < -0.4 is 4.90 Å². The Morgan fingerprint density at radius 1 is 1.35 bits per heavy atom. The Morgan fingerprint density at radius 3 is 2.50 bits per heavy atom. The molecule has 1 aliphatic heterocycles. The third-order valence-electron chi connectivity index (χ3n) is 4.03. The predicted octanol–water partition coefficient (Wildman–Crippen LogP) is 2.66. The highest BCUT2D eigenvalue weighted by molar-refractivity contribution is 5.49. The first-order chi connectivity index (χ1) is 9.47. The lowest BCUT2D eigenvalue weighted by atomic mass is 9.96. The third-order valence-corrected chi connectivity index (χ3v) is 4.03. The first-order valence-corrected chi connectivity index (χ1v) is 7.34. The molecule has 0 aliphatic carbocycles. The van der Waals surface area contributed by atoms with Gasteiger partial charge in [0.25, 0.3) is 0 Å². The van der Waals surface area contributed by atoms with E-state index in [9.17, 15) is 9.50 Å². The van der Waals surface area contributed by atoms with Crippen LogP contribution in [-0.4, -0.2) is 43.7 Å². The van der Waals surface area contributed by atoms with Gasteiger partial charge in [0.1, 0.15) is 5.82 Å². The molecule has 1 N–H and O–H groups in total. The second-order valence-electron chi connectivity index (χ2n) is 6.08. The Labute approximate surface area is 121 Å². The lowest BCUT2D eigenvalue weighted by Crippen LogP contribution is -2.37. The van der Waals surface area contributed by atoms with Crippen molar-refractivity contribution in [1.82, 2.24) is 4.90 Å². The van der Waals surface area contributed by atoms with Crippen LogP contribution in [0.1, 0.15) is 31.4 Å². The number of hydrogen-bond acceptors (Lipinski definition) is 3. The number of anilines is 1. The number of piperidine rings is 1. The van der Waals surface area contributed by atoms with Gasteiger partial charge in [0.2, 0.25) is 0 Å². The molecule has 1 aromatic carbocycles. The molecule has 1 fully saturated rings. The van der Waals surface area contributed by atoms with Crippen molar-refractivity contribution in [3.63, 3.8) is 0 Å². The van der Waals surface area contributed by atoms with E-state index in [2.05, 4.69) is 23.9 Å². The molecule has 0 bridgehead atoms. The van der Waals surface area contributed by atoms with Gasteiger partial charge in [-0.3, -0.25) is 0 Å². The molecule has 1 aliphatic rings. The first-order valence-electron chi connectivity index (χ1n) is 7.34. The zero-order chi connectivity index (χ0) is 14.7. The Bertz CT molecular complexity index is 440. The second kappa shape index (κ2) is 6.55. The fourth-order valence-corrected chi connectivity index (χ4v) is 2.91. The van der Waals surface area contributed by atoms with Gasteiger partial charge in [0.05, 0.1) is 11.8 Å². The molecule has 0 spiro atoms. The van der Waals surface area contributed by atoms with Gasteiger partial charge in [-0.05, 0) is 57.5 Å². The van der Waals surface area contributed by atoms with E-state index in [0.717, 1.165) is 32.5 Å². The number of hydrogen-bond donors (Lipinski definition) is 1. The molecule has 0 saturated carbocycles. The van der Waals surface area contributed by atoms with E-state index in [-0.39, 0.29) is 5.82 Å².